The fourth-order valence-electron chi connectivity index (χ4n) is 4.41. The van der Waals surface area contributed by atoms with Crippen molar-refractivity contribution in [2.24, 2.45) is 0 Å². The fraction of sp³-hybridized carbons (Fsp3) is 0.148. The van der Waals surface area contributed by atoms with Gasteiger partial charge < -0.3 is 9.84 Å². The molecule has 0 amide bonds. The fourth-order valence-corrected chi connectivity index (χ4v) is 4.41. The minimum absolute atomic E-state index is 0.387. The lowest BCUT2D eigenvalue weighted by Gasteiger charge is -2.20. The Kier molecular flexibility index (Phi) is 4.91. The van der Waals surface area contributed by atoms with E-state index in [-0.39, 0.29) is 5.95 Å². The zero-order chi connectivity index (χ0) is 21.4. The lowest BCUT2D eigenvalue weighted by atomic mass is 9.86. The van der Waals surface area contributed by atoms with Gasteiger partial charge in [-0.1, -0.05) is 42.5 Å². The Morgan fingerprint density at radius 2 is 1.87 bits per heavy atom. The highest BCUT2D eigenvalue weighted by molar-refractivity contribution is 6.00. The van der Waals surface area contributed by atoms with Crippen molar-refractivity contribution >= 4 is 16.7 Å². The summed E-state index contributed by atoms with van der Waals surface area (Å²) in [7, 11) is 1.38. The Balaban J connectivity index is 1.46. The summed E-state index contributed by atoms with van der Waals surface area (Å²) in [6, 6.07) is 22.8. The first-order valence-corrected chi connectivity index (χ1v) is 10.4. The molecule has 1 aliphatic carbocycles. The van der Waals surface area contributed by atoms with Gasteiger partial charge in [-0.15, -0.1) is 0 Å². The summed E-state index contributed by atoms with van der Waals surface area (Å²) in [5, 5.41) is 14.8. The Bertz CT molecular complexity index is 1410. The van der Waals surface area contributed by atoms with Crippen LogP contribution in [0, 0.1) is 13.1 Å². The van der Waals surface area contributed by atoms with Crippen molar-refractivity contribution in [3.63, 3.8) is 0 Å². The Labute approximate surface area is 181 Å². The molecule has 153 valence electrons. The lowest BCUT2D eigenvalue weighted by Crippen LogP contribution is -2.43. The third kappa shape index (κ3) is 3.44. The number of ether oxygens (including phenoxy) is 1. The maximum Gasteiger partial charge on any atom is 0.232 e. The number of aromatic nitrogens is 2. The normalized spacial score (nSPS) is 13.1. The third-order valence-corrected chi connectivity index (χ3v) is 5.93. The monoisotopic (exact) mass is 407 g/mol. The Morgan fingerprint density at radius 1 is 1.06 bits per heavy atom. The second-order valence-electron chi connectivity index (χ2n) is 7.83. The quantitative estimate of drug-likeness (QED) is 0.421. The number of methoxy groups -OCH3 is 1. The van der Waals surface area contributed by atoms with Crippen LogP contribution in [0.2, 0.25) is 0 Å². The van der Waals surface area contributed by atoms with Crippen molar-refractivity contribution in [2.75, 3.05) is 7.11 Å². The number of hydrogen-bond acceptors (Lipinski definition) is 3. The molecule has 0 spiro atoms. The second kappa shape index (κ2) is 7.88. The van der Waals surface area contributed by atoms with E-state index < -0.39 is 0 Å². The van der Waals surface area contributed by atoms with E-state index in [1.54, 1.807) is 10.3 Å². The first kappa shape index (κ1) is 19.3. The van der Waals surface area contributed by atoms with Gasteiger partial charge in [0.1, 0.15) is 12.7 Å². The van der Waals surface area contributed by atoms with E-state index in [0.29, 0.717) is 11.8 Å². The predicted molar refractivity (Wildman–Crippen MR) is 119 cm³/mol. The van der Waals surface area contributed by atoms with E-state index in [4.69, 9.17) is 9.72 Å². The van der Waals surface area contributed by atoms with Gasteiger partial charge in [0, 0.05) is 35.2 Å². The summed E-state index contributed by atoms with van der Waals surface area (Å²) in [4.78, 5) is 5.06. The van der Waals surface area contributed by atoms with Gasteiger partial charge in [-0.3, -0.25) is 4.98 Å². The van der Waals surface area contributed by atoms with Gasteiger partial charge in [0.25, 0.3) is 0 Å². The van der Waals surface area contributed by atoms with Crippen LogP contribution in [-0.2, 0) is 24.0 Å². The van der Waals surface area contributed by atoms with Crippen LogP contribution in [0.4, 0.5) is 0 Å². The number of fused-ring (bicyclic) bond motifs is 2. The molecule has 4 aromatic rings. The molecule has 0 fully saturated rings. The molecule has 4 heteroatoms. The average Bonchev–Trinajstić information content (AvgIpc) is 2.80. The second-order valence-corrected chi connectivity index (χ2v) is 7.83. The molecule has 2 aromatic heterocycles. The summed E-state index contributed by atoms with van der Waals surface area (Å²) in [5.74, 6) is -0.387. The van der Waals surface area contributed by atoms with Gasteiger partial charge in [0.15, 0.2) is 5.69 Å². The molecule has 1 aliphatic rings. The van der Waals surface area contributed by atoms with E-state index in [1.807, 2.05) is 12.1 Å². The molecule has 0 saturated carbocycles. The number of nitrogens with zero attached hydrogens (tertiary/aromatic N) is 2. The standard InChI is InChI=1S/C27H23N2O2/c1-29-22(13-7-15-24(29)27(30)31-2)12-6-11-21-17-20-10-5-9-19-16-18-8-3-4-14-23(18)26(28-21)25(19)20/h3-10,13-15,17H,1,11-12,16H2,2H3. The number of rotatable bonds is 5. The third-order valence-electron chi connectivity index (χ3n) is 5.93. The van der Waals surface area contributed by atoms with Crippen LogP contribution in [0.25, 0.3) is 28.0 Å². The van der Waals surface area contributed by atoms with E-state index >= 15 is 0 Å². The Hall–Kier alpha value is -3.66. The number of benzene rings is 2. The summed E-state index contributed by atoms with van der Waals surface area (Å²) in [5.41, 5.74) is 6.96. The van der Waals surface area contributed by atoms with Gasteiger partial charge in [-0.2, -0.15) is 4.24 Å². The van der Waals surface area contributed by atoms with Crippen LogP contribution < -0.4 is 14.7 Å². The van der Waals surface area contributed by atoms with Crippen molar-refractivity contribution in [3.05, 3.63) is 108 Å². The van der Waals surface area contributed by atoms with Crippen LogP contribution in [0.15, 0.2) is 66.7 Å². The smallest absolute Gasteiger partial charge is 0.232 e. The molecule has 0 N–H and O–H groups in total. The summed E-state index contributed by atoms with van der Waals surface area (Å²) in [6.45, 7) is 4.01. The van der Waals surface area contributed by atoms with Crippen LogP contribution in [0.1, 0.15) is 22.5 Å². The largest absolute Gasteiger partial charge is 0.612 e. The van der Waals surface area contributed by atoms with Gasteiger partial charge in [-0.25, -0.2) is 0 Å². The summed E-state index contributed by atoms with van der Waals surface area (Å²) in [6.07, 6.45) is 4.54. The molecule has 0 aliphatic heterocycles. The summed E-state index contributed by atoms with van der Waals surface area (Å²) >= 11 is 0. The van der Waals surface area contributed by atoms with Crippen LogP contribution in [0.3, 0.4) is 0 Å². The van der Waals surface area contributed by atoms with Crippen molar-refractivity contribution in [1.82, 2.24) is 4.98 Å². The molecule has 0 atom stereocenters. The zero-order valence-electron chi connectivity index (χ0n) is 17.5. The molecule has 31 heavy (non-hydrogen) atoms. The minimum Gasteiger partial charge on any atom is -0.612 e. The zero-order valence-corrected chi connectivity index (χ0v) is 17.5. The van der Waals surface area contributed by atoms with Gasteiger partial charge >= 0.3 is 0 Å². The highest BCUT2D eigenvalue weighted by atomic mass is 16.6. The van der Waals surface area contributed by atoms with E-state index in [0.717, 1.165) is 29.9 Å². The van der Waals surface area contributed by atoms with Crippen molar-refractivity contribution < 1.29 is 14.1 Å². The van der Waals surface area contributed by atoms with Gasteiger partial charge in [-0.05, 0) is 55.0 Å². The van der Waals surface area contributed by atoms with E-state index in [9.17, 15) is 5.11 Å². The van der Waals surface area contributed by atoms with Crippen LogP contribution >= 0.6 is 0 Å². The van der Waals surface area contributed by atoms with Crippen molar-refractivity contribution in [2.45, 2.75) is 19.3 Å². The molecule has 0 saturated heterocycles. The highest BCUT2D eigenvalue weighted by Crippen LogP contribution is 2.38. The molecule has 4 nitrogen and oxygen atoms in total. The topological polar surface area (TPSA) is 51.1 Å². The van der Waals surface area contributed by atoms with Crippen molar-refractivity contribution in [3.8, 4) is 11.3 Å². The molecule has 2 aromatic carbocycles. The van der Waals surface area contributed by atoms with Gasteiger partial charge in [0.2, 0.25) is 5.35 Å². The number of pyridine rings is 2. The summed E-state index contributed by atoms with van der Waals surface area (Å²) < 4.78 is 6.48. The number of hydrogen-bond donors (Lipinski definition) is 0. The SMILES string of the molecule is C=[n+]1c(C[CH]Cc2cc3cccc4c3c(n2)-c2ccccc2C4)cccc1=C([O-])OC. The minimum atomic E-state index is -0.387. The van der Waals surface area contributed by atoms with Crippen LogP contribution in [-0.4, -0.2) is 12.1 Å². The maximum atomic E-state index is 11.9. The molecule has 0 bridgehead atoms. The molecule has 2 heterocycles. The van der Waals surface area contributed by atoms with E-state index in [1.165, 1.54) is 34.6 Å². The molecule has 0 unspecified atom stereocenters. The highest BCUT2D eigenvalue weighted by Gasteiger charge is 2.20. The first-order valence-electron chi connectivity index (χ1n) is 10.4. The first-order chi connectivity index (χ1) is 15.2. The molecule has 1 radical (unpaired) electrons. The van der Waals surface area contributed by atoms with Gasteiger partial charge in [0.05, 0.1) is 5.69 Å². The lowest BCUT2D eigenvalue weighted by molar-refractivity contribution is -0.529. The molecular weight excluding hydrogens is 384 g/mol. The maximum absolute atomic E-state index is 11.9. The Morgan fingerprint density at radius 3 is 2.74 bits per heavy atom. The van der Waals surface area contributed by atoms with Crippen molar-refractivity contribution in [1.29, 1.82) is 0 Å². The molecular formula is C27H23N2O2. The van der Waals surface area contributed by atoms with E-state index in [2.05, 4.69) is 61.7 Å². The molecule has 5 rings (SSSR count). The van der Waals surface area contributed by atoms with Crippen LogP contribution in [0.5, 0.6) is 0 Å². The predicted octanol–water partition coefficient (Wildman–Crippen LogP) is 2.80. The average molecular weight is 407 g/mol.